The van der Waals surface area contributed by atoms with Crippen molar-refractivity contribution in [3.63, 3.8) is 0 Å². The third-order valence-electron chi connectivity index (χ3n) is 2.73. The minimum atomic E-state index is -1.11. The molecule has 0 aliphatic carbocycles. The number of aromatic nitrogens is 1. The number of pyridine rings is 1. The Morgan fingerprint density at radius 2 is 2.16 bits per heavy atom. The first-order valence-corrected chi connectivity index (χ1v) is 5.84. The molecule has 19 heavy (non-hydrogen) atoms. The van der Waals surface area contributed by atoms with Gasteiger partial charge in [0, 0.05) is 19.3 Å². The normalized spacial score (nSPS) is 15.1. The number of carboxylic acid groups (broad SMARTS) is 1. The van der Waals surface area contributed by atoms with Gasteiger partial charge in [-0.2, -0.15) is 0 Å². The number of carbonyl (C=O) groups excluding carboxylic acids is 1. The second-order valence-electron chi connectivity index (χ2n) is 3.96. The molecule has 102 valence electrons. The lowest BCUT2D eigenvalue weighted by Crippen LogP contribution is -2.43. The van der Waals surface area contributed by atoms with Crippen LogP contribution in [0.15, 0.2) is 18.5 Å². The first-order chi connectivity index (χ1) is 9.18. The maximum atomic E-state index is 11.8. The first-order valence-electron chi connectivity index (χ1n) is 5.84. The summed E-state index contributed by atoms with van der Waals surface area (Å²) in [6, 6.07) is 1.33. The van der Waals surface area contributed by atoms with Gasteiger partial charge in [0.15, 0.2) is 12.4 Å². The molecule has 0 spiro atoms. The fourth-order valence-electron chi connectivity index (χ4n) is 1.72. The molecule has 1 fully saturated rings. The minimum absolute atomic E-state index is 0.00947. The van der Waals surface area contributed by atoms with Crippen molar-refractivity contribution < 1.29 is 24.2 Å². The summed E-state index contributed by atoms with van der Waals surface area (Å²) in [4.78, 5) is 28.2. The lowest BCUT2D eigenvalue weighted by atomic mass is 10.2. The number of aromatic carboxylic acids is 1. The van der Waals surface area contributed by atoms with Crippen LogP contribution in [0.25, 0.3) is 0 Å². The average Bonchev–Trinajstić information content (AvgIpc) is 2.46. The number of rotatable bonds is 4. The van der Waals surface area contributed by atoms with Crippen LogP contribution < -0.4 is 4.74 Å². The molecule has 0 aromatic carbocycles. The van der Waals surface area contributed by atoms with Gasteiger partial charge in [0.25, 0.3) is 5.91 Å². The Bertz CT molecular complexity index is 471. The maximum absolute atomic E-state index is 11.8. The molecular formula is C12H14N2O5. The molecule has 1 aromatic heterocycles. The fraction of sp³-hybridized carbons (Fsp3) is 0.417. The Morgan fingerprint density at radius 3 is 2.84 bits per heavy atom. The predicted molar refractivity (Wildman–Crippen MR) is 64.1 cm³/mol. The summed E-state index contributed by atoms with van der Waals surface area (Å²) >= 11 is 0. The van der Waals surface area contributed by atoms with E-state index in [1.54, 1.807) is 4.90 Å². The van der Waals surface area contributed by atoms with Gasteiger partial charge in [-0.15, -0.1) is 0 Å². The first kappa shape index (κ1) is 13.3. The largest absolute Gasteiger partial charge is 0.481 e. The van der Waals surface area contributed by atoms with Crippen molar-refractivity contribution in [1.82, 2.24) is 9.88 Å². The lowest BCUT2D eigenvalue weighted by Gasteiger charge is -2.26. The van der Waals surface area contributed by atoms with Gasteiger partial charge in [0.1, 0.15) is 5.56 Å². The molecule has 0 radical (unpaired) electrons. The average molecular weight is 266 g/mol. The SMILES string of the molecule is O=C(O)c1ccncc1OCC(=O)N1CCOCC1. The second kappa shape index (κ2) is 6.14. The predicted octanol–water partition coefficient (Wildman–Crippen LogP) is 0.0174. The molecule has 1 aliphatic heterocycles. The highest BCUT2D eigenvalue weighted by atomic mass is 16.5. The topological polar surface area (TPSA) is 89.0 Å². The lowest BCUT2D eigenvalue weighted by molar-refractivity contribution is -0.137. The molecule has 0 unspecified atom stereocenters. The van der Waals surface area contributed by atoms with Crippen LogP contribution >= 0.6 is 0 Å². The smallest absolute Gasteiger partial charge is 0.339 e. The monoisotopic (exact) mass is 266 g/mol. The molecule has 1 N–H and O–H groups in total. The van der Waals surface area contributed by atoms with Crippen LogP contribution in [0, 0.1) is 0 Å². The molecule has 2 rings (SSSR count). The summed E-state index contributed by atoms with van der Waals surface area (Å²) in [5.74, 6) is -1.21. The third kappa shape index (κ3) is 3.41. The quantitative estimate of drug-likeness (QED) is 0.826. The molecule has 1 saturated heterocycles. The van der Waals surface area contributed by atoms with E-state index >= 15 is 0 Å². The Kier molecular flexibility index (Phi) is 4.30. The van der Waals surface area contributed by atoms with E-state index in [0.717, 1.165) is 0 Å². The zero-order valence-electron chi connectivity index (χ0n) is 10.2. The summed E-state index contributed by atoms with van der Waals surface area (Å²) in [7, 11) is 0. The summed E-state index contributed by atoms with van der Waals surface area (Å²) in [5, 5.41) is 8.96. The molecule has 1 aliphatic rings. The number of nitrogens with zero attached hydrogens (tertiary/aromatic N) is 2. The number of ether oxygens (including phenoxy) is 2. The van der Waals surface area contributed by atoms with Crippen molar-refractivity contribution in [1.29, 1.82) is 0 Å². The number of carboxylic acids is 1. The van der Waals surface area contributed by atoms with E-state index in [1.807, 2.05) is 0 Å². The van der Waals surface area contributed by atoms with Crippen LogP contribution in [0.5, 0.6) is 5.75 Å². The molecule has 0 saturated carbocycles. The molecular weight excluding hydrogens is 252 g/mol. The van der Waals surface area contributed by atoms with E-state index in [4.69, 9.17) is 14.6 Å². The van der Waals surface area contributed by atoms with E-state index in [2.05, 4.69) is 4.98 Å². The van der Waals surface area contributed by atoms with Crippen molar-refractivity contribution in [3.8, 4) is 5.75 Å². The highest BCUT2D eigenvalue weighted by Crippen LogP contribution is 2.16. The highest BCUT2D eigenvalue weighted by Gasteiger charge is 2.18. The van der Waals surface area contributed by atoms with Crippen LogP contribution in [0.3, 0.4) is 0 Å². The Morgan fingerprint density at radius 1 is 1.42 bits per heavy atom. The van der Waals surface area contributed by atoms with Gasteiger partial charge < -0.3 is 19.5 Å². The fourth-order valence-corrected chi connectivity index (χ4v) is 1.72. The van der Waals surface area contributed by atoms with Crippen LogP contribution in [0.4, 0.5) is 0 Å². The van der Waals surface area contributed by atoms with Crippen molar-refractivity contribution in [2.45, 2.75) is 0 Å². The zero-order valence-corrected chi connectivity index (χ0v) is 10.2. The number of amides is 1. The highest BCUT2D eigenvalue weighted by molar-refractivity contribution is 5.90. The number of carbonyl (C=O) groups is 2. The van der Waals surface area contributed by atoms with Crippen molar-refractivity contribution in [2.24, 2.45) is 0 Å². The Labute approximate surface area is 109 Å². The number of hydrogen-bond donors (Lipinski definition) is 1. The van der Waals surface area contributed by atoms with E-state index in [-0.39, 0.29) is 23.8 Å². The summed E-state index contributed by atoms with van der Waals surface area (Å²) in [5.41, 5.74) is -0.00947. The van der Waals surface area contributed by atoms with Gasteiger partial charge in [-0.3, -0.25) is 9.78 Å². The molecule has 2 heterocycles. The molecule has 0 atom stereocenters. The van der Waals surface area contributed by atoms with Crippen LogP contribution in [0.1, 0.15) is 10.4 Å². The van der Waals surface area contributed by atoms with Crippen molar-refractivity contribution in [3.05, 3.63) is 24.0 Å². The van der Waals surface area contributed by atoms with Crippen LogP contribution in [0.2, 0.25) is 0 Å². The second-order valence-corrected chi connectivity index (χ2v) is 3.96. The van der Waals surface area contributed by atoms with Gasteiger partial charge >= 0.3 is 5.97 Å². The summed E-state index contributed by atoms with van der Waals surface area (Å²) in [6.45, 7) is 1.88. The van der Waals surface area contributed by atoms with Crippen LogP contribution in [-0.4, -0.2) is 59.8 Å². The van der Waals surface area contributed by atoms with E-state index in [1.165, 1.54) is 18.5 Å². The van der Waals surface area contributed by atoms with Gasteiger partial charge in [0.2, 0.25) is 0 Å². The van der Waals surface area contributed by atoms with Gasteiger partial charge in [-0.1, -0.05) is 0 Å². The molecule has 0 bridgehead atoms. The van der Waals surface area contributed by atoms with Crippen LogP contribution in [-0.2, 0) is 9.53 Å². The number of morpholine rings is 1. The van der Waals surface area contributed by atoms with Gasteiger partial charge in [0.05, 0.1) is 19.4 Å². The summed E-state index contributed by atoms with van der Waals surface area (Å²) < 4.78 is 10.4. The van der Waals surface area contributed by atoms with Crippen molar-refractivity contribution >= 4 is 11.9 Å². The van der Waals surface area contributed by atoms with Gasteiger partial charge in [-0.05, 0) is 6.07 Å². The van der Waals surface area contributed by atoms with E-state index < -0.39 is 5.97 Å². The molecule has 1 amide bonds. The zero-order chi connectivity index (χ0) is 13.7. The summed E-state index contributed by atoms with van der Waals surface area (Å²) in [6.07, 6.45) is 2.65. The molecule has 7 nitrogen and oxygen atoms in total. The minimum Gasteiger partial charge on any atom is -0.481 e. The number of hydrogen-bond acceptors (Lipinski definition) is 5. The standard InChI is InChI=1S/C12H14N2O5/c15-11(14-3-5-18-6-4-14)8-19-10-7-13-2-1-9(10)12(16)17/h1-2,7H,3-6,8H2,(H,16,17). The Hall–Kier alpha value is -2.15. The Balaban J connectivity index is 1.94. The molecule has 1 aromatic rings. The van der Waals surface area contributed by atoms with E-state index in [9.17, 15) is 9.59 Å². The van der Waals surface area contributed by atoms with Crippen molar-refractivity contribution in [2.75, 3.05) is 32.9 Å². The van der Waals surface area contributed by atoms with E-state index in [0.29, 0.717) is 26.3 Å². The third-order valence-corrected chi connectivity index (χ3v) is 2.73. The molecule has 7 heteroatoms. The maximum Gasteiger partial charge on any atom is 0.339 e. The van der Waals surface area contributed by atoms with Gasteiger partial charge in [-0.25, -0.2) is 4.79 Å².